The summed E-state index contributed by atoms with van der Waals surface area (Å²) < 4.78 is 35.6. The SMILES string of the molecule is CCCOc1ccc(C(C)NC(=O)C(c2ccccc2)N2CCS(=O)(=O)CC2)cc1OCCC. The molecule has 1 N–H and O–H groups in total. The Morgan fingerprint density at radius 3 is 2.18 bits per heavy atom. The first-order valence-electron chi connectivity index (χ1n) is 12.0. The monoisotopic (exact) mass is 488 g/mol. The van der Waals surface area contributed by atoms with Gasteiger partial charge in [0.25, 0.3) is 0 Å². The summed E-state index contributed by atoms with van der Waals surface area (Å²) in [5.41, 5.74) is 1.76. The van der Waals surface area contributed by atoms with Gasteiger partial charge in [-0.3, -0.25) is 9.69 Å². The Morgan fingerprint density at radius 1 is 0.941 bits per heavy atom. The van der Waals surface area contributed by atoms with Gasteiger partial charge in [0.15, 0.2) is 21.3 Å². The van der Waals surface area contributed by atoms with Crippen LogP contribution in [0.4, 0.5) is 0 Å². The van der Waals surface area contributed by atoms with Crippen LogP contribution >= 0.6 is 0 Å². The Kier molecular flexibility index (Phi) is 9.36. The second-order valence-electron chi connectivity index (χ2n) is 8.63. The van der Waals surface area contributed by atoms with Crippen molar-refractivity contribution in [1.82, 2.24) is 10.2 Å². The number of hydrogen-bond donors (Lipinski definition) is 1. The maximum absolute atomic E-state index is 13.5. The molecular weight excluding hydrogens is 452 g/mol. The number of carbonyl (C=O) groups excluding carboxylic acids is 1. The largest absolute Gasteiger partial charge is 0.490 e. The number of benzene rings is 2. The van der Waals surface area contributed by atoms with Crippen molar-refractivity contribution < 1.29 is 22.7 Å². The van der Waals surface area contributed by atoms with Crippen molar-refractivity contribution in [3.63, 3.8) is 0 Å². The van der Waals surface area contributed by atoms with Crippen LogP contribution in [0.15, 0.2) is 48.5 Å². The second-order valence-corrected chi connectivity index (χ2v) is 10.9. The van der Waals surface area contributed by atoms with Crippen LogP contribution in [0.25, 0.3) is 0 Å². The van der Waals surface area contributed by atoms with Gasteiger partial charge in [-0.15, -0.1) is 0 Å². The zero-order chi connectivity index (χ0) is 24.6. The Hall–Kier alpha value is -2.58. The third-order valence-corrected chi connectivity index (χ3v) is 7.47. The van der Waals surface area contributed by atoms with Gasteiger partial charge in [-0.2, -0.15) is 0 Å². The zero-order valence-electron chi connectivity index (χ0n) is 20.3. The predicted molar refractivity (Wildman–Crippen MR) is 134 cm³/mol. The molecule has 186 valence electrons. The van der Waals surface area contributed by atoms with E-state index in [1.807, 2.05) is 60.4 Å². The van der Waals surface area contributed by atoms with Gasteiger partial charge in [-0.25, -0.2) is 8.42 Å². The van der Waals surface area contributed by atoms with E-state index in [1.165, 1.54) is 0 Å². The molecule has 1 aliphatic rings. The summed E-state index contributed by atoms with van der Waals surface area (Å²) in [5, 5.41) is 3.13. The van der Waals surface area contributed by atoms with Crippen LogP contribution in [-0.2, 0) is 14.6 Å². The minimum Gasteiger partial charge on any atom is -0.490 e. The van der Waals surface area contributed by atoms with Crippen molar-refractivity contribution in [2.45, 2.75) is 45.7 Å². The minimum absolute atomic E-state index is 0.0660. The fourth-order valence-electron chi connectivity index (χ4n) is 3.97. The van der Waals surface area contributed by atoms with Gasteiger partial charge in [-0.1, -0.05) is 50.2 Å². The molecule has 2 aromatic rings. The smallest absolute Gasteiger partial charge is 0.242 e. The summed E-state index contributed by atoms with van der Waals surface area (Å²) in [5.74, 6) is 1.36. The molecule has 1 aliphatic heterocycles. The maximum atomic E-state index is 13.5. The van der Waals surface area contributed by atoms with Gasteiger partial charge in [0.05, 0.1) is 30.8 Å². The van der Waals surface area contributed by atoms with Gasteiger partial charge < -0.3 is 14.8 Å². The molecule has 0 bridgehead atoms. The molecule has 2 atom stereocenters. The van der Waals surface area contributed by atoms with Gasteiger partial charge >= 0.3 is 0 Å². The van der Waals surface area contributed by atoms with Gasteiger partial charge in [-0.05, 0) is 43.0 Å². The summed E-state index contributed by atoms with van der Waals surface area (Å²) in [6.45, 7) is 7.91. The molecule has 8 heteroatoms. The van der Waals surface area contributed by atoms with E-state index in [1.54, 1.807) is 0 Å². The fraction of sp³-hybridized carbons (Fsp3) is 0.500. The quantitative estimate of drug-likeness (QED) is 0.516. The lowest BCUT2D eigenvalue weighted by atomic mass is 10.0. The molecule has 3 rings (SSSR count). The zero-order valence-corrected chi connectivity index (χ0v) is 21.1. The van der Waals surface area contributed by atoms with Crippen LogP contribution in [0.5, 0.6) is 11.5 Å². The highest BCUT2D eigenvalue weighted by atomic mass is 32.2. The third-order valence-electron chi connectivity index (χ3n) is 5.86. The standard InChI is InChI=1S/C26H36N2O5S/c1-4-15-32-23-12-11-22(19-24(23)33-16-5-2)20(3)27-26(29)25(21-9-7-6-8-10-21)28-13-17-34(30,31)18-14-28/h6-12,19-20,25H,4-5,13-18H2,1-3H3,(H,27,29). The highest BCUT2D eigenvalue weighted by Crippen LogP contribution is 2.32. The predicted octanol–water partition coefficient (Wildman–Crippen LogP) is 3.91. The lowest BCUT2D eigenvalue weighted by Crippen LogP contribution is -2.47. The molecule has 1 saturated heterocycles. The lowest BCUT2D eigenvalue weighted by Gasteiger charge is -2.34. The van der Waals surface area contributed by atoms with Gasteiger partial charge in [0.2, 0.25) is 5.91 Å². The van der Waals surface area contributed by atoms with E-state index in [0.717, 1.165) is 24.0 Å². The van der Waals surface area contributed by atoms with Crippen molar-refractivity contribution in [3.05, 3.63) is 59.7 Å². The number of sulfone groups is 1. The maximum Gasteiger partial charge on any atom is 0.242 e. The minimum atomic E-state index is -3.05. The van der Waals surface area contributed by atoms with Crippen molar-refractivity contribution >= 4 is 15.7 Å². The summed E-state index contributed by atoms with van der Waals surface area (Å²) in [4.78, 5) is 15.4. The van der Waals surface area contributed by atoms with E-state index in [0.29, 0.717) is 37.8 Å². The second kappa shape index (κ2) is 12.2. The number of ether oxygens (including phenoxy) is 2. The van der Waals surface area contributed by atoms with Crippen LogP contribution in [-0.4, -0.2) is 57.0 Å². The van der Waals surface area contributed by atoms with E-state index in [9.17, 15) is 13.2 Å². The fourth-order valence-corrected chi connectivity index (χ4v) is 5.20. The molecule has 7 nitrogen and oxygen atoms in total. The Balaban J connectivity index is 1.79. The number of hydrogen-bond acceptors (Lipinski definition) is 6. The van der Waals surface area contributed by atoms with E-state index in [4.69, 9.17) is 9.47 Å². The van der Waals surface area contributed by atoms with Crippen molar-refractivity contribution in [1.29, 1.82) is 0 Å². The lowest BCUT2D eigenvalue weighted by molar-refractivity contribution is -0.127. The van der Waals surface area contributed by atoms with Crippen LogP contribution in [0.3, 0.4) is 0 Å². The molecule has 2 unspecified atom stereocenters. The molecule has 2 aromatic carbocycles. The normalized spacial score (nSPS) is 17.5. The molecule has 1 heterocycles. The number of amides is 1. The van der Waals surface area contributed by atoms with E-state index < -0.39 is 15.9 Å². The van der Waals surface area contributed by atoms with Crippen LogP contribution < -0.4 is 14.8 Å². The molecule has 0 spiro atoms. The third kappa shape index (κ3) is 6.96. The van der Waals surface area contributed by atoms with Gasteiger partial charge in [0.1, 0.15) is 6.04 Å². The Labute approximate surface area is 203 Å². The topological polar surface area (TPSA) is 84.9 Å². The first kappa shape index (κ1) is 26.0. The Bertz CT molecular complexity index is 1030. The average molecular weight is 489 g/mol. The number of rotatable bonds is 11. The first-order chi connectivity index (χ1) is 16.3. The number of nitrogens with zero attached hydrogens (tertiary/aromatic N) is 1. The molecule has 0 saturated carbocycles. The van der Waals surface area contributed by atoms with Gasteiger partial charge in [0, 0.05) is 13.1 Å². The van der Waals surface area contributed by atoms with Crippen molar-refractivity contribution in [2.75, 3.05) is 37.8 Å². The van der Waals surface area contributed by atoms with E-state index in [-0.39, 0.29) is 23.5 Å². The highest BCUT2D eigenvalue weighted by molar-refractivity contribution is 7.91. The van der Waals surface area contributed by atoms with Crippen LogP contribution in [0, 0.1) is 0 Å². The number of nitrogens with one attached hydrogen (secondary N) is 1. The van der Waals surface area contributed by atoms with Crippen LogP contribution in [0.1, 0.15) is 56.8 Å². The molecule has 0 aromatic heterocycles. The summed E-state index contributed by atoms with van der Waals surface area (Å²) in [7, 11) is -3.05. The molecule has 0 radical (unpaired) electrons. The molecule has 1 fully saturated rings. The van der Waals surface area contributed by atoms with E-state index >= 15 is 0 Å². The van der Waals surface area contributed by atoms with Crippen molar-refractivity contribution in [3.8, 4) is 11.5 Å². The number of carbonyl (C=O) groups is 1. The highest BCUT2D eigenvalue weighted by Gasteiger charge is 2.33. The Morgan fingerprint density at radius 2 is 1.56 bits per heavy atom. The van der Waals surface area contributed by atoms with Crippen LogP contribution in [0.2, 0.25) is 0 Å². The van der Waals surface area contributed by atoms with Crippen molar-refractivity contribution in [2.24, 2.45) is 0 Å². The van der Waals surface area contributed by atoms with E-state index in [2.05, 4.69) is 19.2 Å². The summed E-state index contributed by atoms with van der Waals surface area (Å²) in [6.07, 6.45) is 1.79. The molecule has 34 heavy (non-hydrogen) atoms. The average Bonchev–Trinajstić information content (AvgIpc) is 2.83. The first-order valence-corrected chi connectivity index (χ1v) is 13.9. The molecule has 1 amide bonds. The molecule has 0 aliphatic carbocycles. The molecular formula is C26H36N2O5S. The summed E-state index contributed by atoms with van der Waals surface area (Å²) in [6, 6.07) is 14.5. The summed E-state index contributed by atoms with van der Waals surface area (Å²) >= 11 is 0.